The molecule has 21 heavy (non-hydrogen) atoms. The highest BCUT2D eigenvalue weighted by Gasteiger charge is 2.59. The van der Waals surface area contributed by atoms with Crippen molar-refractivity contribution in [2.24, 2.45) is 17.6 Å². The monoisotopic (exact) mass is 303 g/mol. The molecule has 0 bridgehead atoms. The molecule has 2 aliphatic rings. The largest absolute Gasteiger partial charge is 0.389 e. The second-order valence-corrected chi connectivity index (χ2v) is 5.64. The van der Waals surface area contributed by atoms with Crippen LogP contribution in [0.3, 0.4) is 0 Å². The Bertz CT molecular complexity index is 653. The normalized spacial score (nSPS) is 23.0. The zero-order valence-electron chi connectivity index (χ0n) is 11.0. The number of nitrogens with two attached hydrogens (primary N) is 1. The maximum atomic E-state index is 11.9. The molecule has 1 heterocycles. The van der Waals surface area contributed by atoms with Crippen LogP contribution in [-0.2, 0) is 14.4 Å². The predicted octanol–water partition coefficient (Wildman–Crippen LogP) is 0.264. The maximum absolute atomic E-state index is 11.9. The van der Waals surface area contributed by atoms with Crippen LogP contribution in [0.1, 0.15) is 12.0 Å². The van der Waals surface area contributed by atoms with Gasteiger partial charge >= 0.3 is 0 Å². The fourth-order valence-electron chi connectivity index (χ4n) is 2.50. The Hall–Kier alpha value is -2.28. The SMILES string of the molecule is NC(=S)c1cccc(NC(=O)CN2C(=O)C3CC3C2=O)c1. The van der Waals surface area contributed by atoms with Crippen LogP contribution in [0, 0.1) is 11.8 Å². The summed E-state index contributed by atoms with van der Waals surface area (Å²) in [5.74, 6) is -1.28. The van der Waals surface area contributed by atoms with Crippen LogP contribution in [0.5, 0.6) is 0 Å². The van der Waals surface area contributed by atoms with E-state index in [1.807, 2.05) is 0 Å². The lowest BCUT2D eigenvalue weighted by Gasteiger charge is -2.16. The van der Waals surface area contributed by atoms with Crippen molar-refractivity contribution in [2.75, 3.05) is 11.9 Å². The van der Waals surface area contributed by atoms with E-state index in [-0.39, 0.29) is 35.2 Å². The van der Waals surface area contributed by atoms with Gasteiger partial charge in [-0.15, -0.1) is 0 Å². The molecular formula is C14H13N3O3S. The third-order valence-corrected chi connectivity index (χ3v) is 3.93. The summed E-state index contributed by atoms with van der Waals surface area (Å²) in [5.41, 5.74) is 6.68. The molecule has 3 rings (SSSR count). The quantitative estimate of drug-likeness (QED) is 0.615. The van der Waals surface area contributed by atoms with Gasteiger partial charge < -0.3 is 11.1 Å². The molecule has 1 aliphatic carbocycles. The van der Waals surface area contributed by atoms with E-state index in [0.29, 0.717) is 17.7 Å². The van der Waals surface area contributed by atoms with Crippen molar-refractivity contribution in [3.05, 3.63) is 29.8 Å². The van der Waals surface area contributed by atoms with Gasteiger partial charge in [0.15, 0.2) is 0 Å². The second-order valence-electron chi connectivity index (χ2n) is 5.20. The highest BCUT2D eigenvalue weighted by Crippen LogP contribution is 2.46. The van der Waals surface area contributed by atoms with Crippen molar-refractivity contribution in [3.63, 3.8) is 0 Å². The summed E-state index contributed by atoms with van der Waals surface area (Å²) >= 11 is 4.87. The lowest BCUT2D eigenvalue weighted by molar-refractivity contribution is -0.143. The molecule has 2 fully saturated rings. The molecule has 7 heteroatoms. The van der Waals surface area contributed by atoms with Crippen molar-refractivity contribution in [3.8, 4) is 0 Å². The molecule has 1 aromatic rings. The van der Waals surface area contributed by atoms with Crippen LogP contribution < -0.4 is 11.1 Å². The third kappa shape index (κ3) is 2.52. The first kappa shape index (κ1) is 13.7. The molecule has 3 amide bonds. The van der Waals surface area contributed by atoms with Gasteiger partial charge in [0.05, 0.1) is 11.8 Å². The van der Waals surface area contributed by atoms with E-state index in [0.717, 1.165) is 4.90 Å². The van der Waals surface area contributed by atoms with E-state index < -0.39 is 5.91 Å². The minimum absolute atomic E-state index is 0.191. The zero-order valence-corrected chi connectivity index (χ0v) is 11.9. The Morgan fingerprint density at radius 3 is 2.62 bits per heavy atom. The van der Waals surface area contributed by atoms with Gasteiger partial charge in [0.25, 0.3) is 0 Å². The number of benzene rings is 1. The molecule has 0 aromatic heterocycles. The van der Waals surface area contributed by atoms with Crippen molar-refractivity contribution < 1.29 is 14.4 Å². The van der Waals surface area contributed by atoms with E-state index in [1.54, 1.807) is 24.3 Å². The zero-order chi connectivity index (χ0) is 15.1. The maximum Gasteiger partial charge on any atom is 0.244 e. The number of imide groups is 1. The van der Waals surface area contributed by atoms with Crippen molar-refractivity contribution in [1.82, 2.24) is 4.90 Å². The van der Waals surface area contributed by atoms with Crippen molar-refractivity contribution in [2.45, 2.75) is 6.42 Å². The molecule has 2 atom stereocenters. The van der Waals surface area contributed by atoms with E-state index in [1.165, 1.54) is 0 Å². The first-order chi connectivity index (χ1) is 9.97. The van der Waals surface area contributed by atoms with Crippen LogP contribution in [0.4, 0.5) is 5.69 Å². The fourth-order valence-corrected chi connectivity index (χ4v) is 2.63. The number of fused-ring (bicyclic) bond motifs is 1. The number of thiocarbonyl (C=S) groups is 1. The first-order valence-electron chi connectivity index (χ1n) is 6.52. The smallest absolute Gasteiger partial charge is 0.244 e. The summed E-state index contributed by atoms with van der Waals surface area (Å²) in [6.07, 6.45) is 0.631. The van der Waals surface area contributed by atoms with Crippen LogP contribution in [-0.4, -0.2) is 34.2 Å². The van der Waals surface area contributed by atoms with E-state index in [9.17, 15) is 14.4 Å². The molecule has 0 spiro atoms. The summed E-state index contributed by atoms with van der Waals surface area (Å²) < 4.78 is 0. The number of rotatable bonds is 4. The van der Waals surface area contributed by atoms with E-state index >= 15 is 0 Å². The van der Waals surface area contributed by atoms with Gasteiger partial charge in [-0.3, -0.25) is 19.3 Å². The molecule has 1 saturated carbocycles. The Morgan fingerprint density at radius 2 is 2.00 bits per heavy atom. The Balaban J connectivity index is 1.64. The number of carbonyl (C=O) groups excluding carboxylic acids is 3. The number of hydrogen-bond donors (Lipinski definition) is 2. The predicted molar refractivity (Wildman–Crippen MR) is 79.3 cm³/mol. The number of likely N-dealkylation sites (tertiary alicyclic amines) is 1. The number of piperidine rings is 1. The molecule has 108 valence electrons. The van der Waals surface area contributed by atoms with Crippen LogP contribution in [0.15, 0.2) is 24.3 Å². The number of nitrogens with zero attached hydrogens (tertiary/aromatic N) is 1. The van der Waals surface area contributed by atoms with Gasteiger partial charge in [0.1, 0.15) is 11.5 Å². The van der Waals surface area contributed by atoms with Crippen molar-refractivity contribution in [1.29, 1.82) is 0 Å². The van der Waals surface area contributed by atoms with E-state index in [2.05, 4.69) is 5.32 Å². The summed E-state index contributed by atoms with van der Waals surface area (Å²) in [6, 6.07) is 6.78. The molecule has 3 N–H and O–H groups in total. The van der Waals surface area contributed by atoms with Gasteiger partial charge in [-0.05, 0) is 18.6 Å². The number of carbonyl (C=O) groups is 3. The topological polar surface area (TPSA) is 92.5 Å². The van der Waals surface area contributed by atoms with E-state index in [4.69, 9.17) is 18.0 Å². The standard InChI is InChI=1S/C14H13N3O3S/c15-12(21)7-2-1-3-8(4-7)16-11(18)6-17-13(19)9-5-10(9)14(17)20/h1-4,9-10H,5-6H2,(H2,15,21)(H,16,18). The molecule has 0 radical (unpaired) electrons. The fraction of sp³-hybridized carbons (Fsp3) is 0.286. The summed E-state index contributed by atoms with van der Waals surface area (Å²) in [5, 5.41) is 2.63. The van der Waals surface area contributed by atoms with Crippen LogP contribution >= 0.6 is 12.2 Å². The minimum Gasteiger partial charge on any atom is -0.389 e. The number of anilines is 1. The average Bonchev–Trinajstić information content (AvgIpc) is 3.19. The van der Waals surface area contributed by atoms with Gasteiger partial charge in [0.2, 0.25) is 17.7 Å². The van der Waals surface area contributed by atoms with Crippen molar-refractivity contribution >= 4 is 40.6 Å². The molecule has 1 aromatic carbocycles. The Labute approximate surface area is 126 Å². The first-order valence-corrected chi connectivity index (χ1v) is 6.93. The van der Waals surface area contributed by atoms with Crippen LogP contribution in [0.25, 0.3) is 0 Å². The highest BCUT2D eigenvalue weighted by molar-refractivity contribution is 7.80. The minimum atomic E-state index is -0.418. The van der Waals surface area contributed by atoms with Gasteiger partial charge in [-0.25, -0.2) is 0 Å². The van der Waals surface area contributed by atoms with Crippen LogP contribution in [0.2, 0.25) is 0 Å². The summed E-state index contributed by atoms with van der Waals surface area (Å²) in [6.45, 7) is -0.248. The average molecular weight is 303 g/mol. The Kier molecular flexibility index (Phi) is 3.21. The van der Waals surface area contributed by atoms with Gasteiger partial charge in [-0.1, -0.05) is 24.4 Å². The third-order valence-electron chi connectivity index (χ3n) is 3.69. The summed E-state index contributed by atoms with van der Waals surface area (Å²) in [7, 11) is 0. The number of nitrogens with one attached hydrogen (secondary N) is 1. The van der Waals surface area contributed by atoms with Gasteiger partial charge in [0, 0.05) is 11.3 Å². The summed E-state index contributed by atoms with van der Waals surface area (Å²) in [4.78, 5) is 36.8. The number of hydrogen-bond acceptors (Lipinski definition) is 4. The lowest BCUT2D eigenvalue weighted by atomic mass is 10.2. The molecule has 1 aliphatic heterocycles. The highest BCUT2D eigenvalue weighted by atomic mass is 32.1. The Morgan fingerprint density at radius 1 is 1.33 bits per heavy atom. The van der Waals surface area contributed by atoms with Gasteiger partial charge in [-0.2, -0.15) is 0 Å². The second kappa shape index (κ2) is 4.92. The molecule has 1 saturated heterocycles. The lowest BCUT2D eigenvalue weighted by Crippen LogP contribution is -2.39. The number of amides is 3. The molecule has 2 unspecified atom stereocenters. The molecule has 6 nitrogen and oxygen atoms in total. The molecular weight excluding hydrogens is 290 g/mol.